The van der Waals surface area contributed by atoms with E-state index in [0.717, 1.165) is 11.1 Å². The molecule has 0 atom stereocenters. The van der Waals surface area contributed by atoms with Gasteiger partial charge >= 0.3 is 0 Å². The van der Waals surface area contributed by atoms with Gasteiger partial charge in [-0.3, -0.25) is 4.79 Å². The number of aromatic nitrogens is 1. The first-order chi connectivity index (χ1) is 11.2. The second-order valence-electron chi connectivity index (χ2n) is 4.92. The second kappa shape index (κ2) is 6.91. The van der Waals surface area contributed by atoms with Crippen LogP contribution in [-0.4, -0.2) is 24.0 Å². The molecule has 0 fully saturated rings. The van der Waals surface area contributed by atoms with Crippen LogP contribution in [0, 0.1) is 5.82 Å². The van der Waals surface area contributed by atoms with Gasteiger partial charge in [-0.2, -0.15) is 0 Å². The van der Waals surface area contributed by atoms with Crippen LogP contribution in [0.5, 0.6) is 5.75 Å². The molecule has 118 valence electrons. The molecule has 0 aliphatic rings. The van der Waals surface area contributed by atoms with Gasteiger partial charge in [0.1, 0.15) is 17.1 Å². The largest absolute Gasteiger partial charge is 0.484 e. The van der Waals surface area contributed by atoms with E-state index in [-0.39, 0.29) is 18.3 Å². The van der Waals surface area contributed by atoms with Crippen LogP contribution in [0.3, 0.4) is 0 Å². The SMILES string of the molecule is O=C(COc1ccc(F)cc1)NCCc1nc2ccccc2o1. The molecule has 2 aromatic carbocycles. The van der Waals surface area contributed by atoms with Gasteiger partial charge in [0, 0.05) is 13.0 Å². The highest BCUT2D eigenvalue weighted by Crippen LogP contribution is 2.14. The van der Waals surface area contributed by atoms with Crippen molar-refractivity contribution in [3.05, 3.63) is 60.2 Å². The Kier molecular flexibility index (Phi) is 4.52. The summed E-state index contributed by atoms with van der Waals surface area (Å²) in [6.45, 7) is 0.275. The number of benzene rings is 2. The predicted molar refractivity (Wildman–Crippen MR) is 82.6 cm³/mol. The Balaban J connectivity index is 1.43. The number of para-hydroxylation sites is 2. The van der Waals surface area contributed by atoms with E-state index in [4.69, 9.17) is 9.15 Å². The van der Waals surface area contributed by atoms with E-state index < -0.39 is 0 Å². The Morgan fingerprint density at radius 2 is 1.96 bits per heavy atom. The smallest absolute Gasteiger partial charge is 0.257 e. The zero-order chi connectivity index (χ0) is 16.1. The molecule has 0 bridgehead atoms. The van der Waals surface area contributed by atoms with Gasteiger partial charge in [-0.1, -0.05) is 12.1 Å². The molecule has 23 heavy (non-hydrogen) atoms. The van der Waals surface area contributed by atoms with Crippen LogP contribution in [0.4, 0.5) is 4.39 Å². The zero-order valence-electron chi connectivity index (χ0n) is 12.3. The molecule has 1 heterocycles. The highest BCUT2D eigenvalue weighted by molar-refractivity contribution is 5.77. The van der Waals surface area contributed by atoms with Gasteiger partial charge in [-0.05, 0) is 36.4 Å². The van der Waals surface area contributed by atoms with Crippen molar-refractivity contribution in [1.82, 2.24) is 10.3 Å². The normalized spacial score (nSPS) is 10.7. The van der Waals surface area contributed by atoms with Crippen LogP contribution in [0.1, 0.15) is 5.89 Å². The second-order valence-corrected chi connectivity index (χ2v) is 4.92. The number of amides is 1. The molecule has 0 saturated carbocycles. The van der Waals surface area contributed by atoms with Crippen LogP contribution >= 0.6 is 0 Å². The summed E-state index contributed by atoms with van der Waals surface area (Å²) in [5.41, 5.74) is 1.53. The van der Waals surface area contributed by atoms with E-state index in [1.165, 1.54) is 24.3 Å². The van der Waals surface area contributed by atoms with Crippen LogP contribution in [0.15, 0.2) is 52.9 Å². The molecule has 0 aliphatic heterocycles. The number of rotatable bonds is 6. The Morgan fingerprint density at radius 1 is 1.17 bits per heavy atom. The summed E-state index contributed by atoms with van der Waals surface area (Å²) < 4.78 is 23.6. The lowest BCUT2D eigenvalue weighted by Crippen LogP contribution is -2.30. The van der Waals surface area contributed by atoms with Crippen molar-refractivity contribution in [3.8, 4) is 5.75 Å². The Bertz CT molecular complexity index is 766. The average molecular weight is 314 g/mol. The van der Waals surface area contributed by atoms with Crippen LogP contribution in [0.25, 0.3) is 11.1 Å². The number of carbonyl (C=O) groups is 1. The first kappa shape index (κ1) is 15.0. The van der Waals surface area contributed by atoms with E-state index in [1.807, 2.05) is 24.3 Å². The monoisotopic (exact) mass is 314 g/mol. The van der Waals surface area contributed by atoms with E-state index in [0.29, 0.717) is 24.6 Å². The molecule has 1 amide bonds. The van der Waals surface area contributed by atoms with Crippen molar-refractivity contribution < 1.29 is 18.3 Å². The third-order valence-electron chi connectivity index (χ3n) is 3.18. The highest BCUT2D eigenvalue weighted by Gasteiger charge is 2.07. The van der Waals surface area contributed by atoms with Crippen LogP contribution in [-0.2, 0) is 11.2 Å². The highest BCUT2D eigenvalue weighted by atomic mass is 19.1. The molecule has 3 rings (SSSR count). The summed E-state index contributed by atoms with van der Waals surface area (Å²) in [6.07, 6.45) is 0.497. The van der Waals surface area contributed by atoms with Gasteiger partial charge in [-0.25, -0.2) is 9.37 Å². The number of nitrogens with one attached hydrogen (secondary N) is 1. The molecule has 5 nitrogen and oxygen atoms in total. The first-order valence-electron chi connectivity index (χ1n) is 7.20. The van der Waals surface area contributed by atoms with E-state index in [2.05, 4.69) is 10.3 Å². The van der Waals surface area contributed by atoms with Crippen molar-refractivity contribution in [1.29, 1.82) is 0 Å². The van der Waals surface area contributed by atoms with E-state index in [1.54, 1.807) is 0 Å². The predicted octanol–water partition coefficient (Wildman–Crippen LogP) is 2.70. The van der Waals surface area contributed by atoms with Crippen molar-refractivity contribution >= 4 is 17.0 Å². The third kappa shape index (κ3) is 4.06. The summed E-state index contributed by atoms with van der Waals surface area (Å²) in [6, 6.07) is 13.0. The minimum Gasteiger partial charge on any atom is -0.484 e. The van der Waals surface area contributed by atoms with Crippen molar-refractivity contribution in [2.75, 3.05) is 13.2 Å². The van der Waals surface area contributed by atoms with Gasteiger partial charge in [0.2, 0.25) is 0 Å². The van der Waals surface area contributed by atoms with Crippen molar-refractivity contribution in [2.24, 2.45) is 0 Å². The first-order valence-corrected chi connectivity index (χ1v) is 7.20. The summed E-state index contributed by atoms with van der Waals surface area (Å²) in [5, 5.41) is 2.72. The van der Waals surface area contributed by atoms with Crippen LogP contribution < -0.4 is 10.1 Å². The number of nitrogens with zero attached hydrogens (tertiary/aromatic N) is 1. The van der Waals surface area contributed by atoms with Gasteiger partial charge in [-0.15, -0.1) is 0 Å². The van der Waals surface area contributed by atoms with Gasteiger partial charge in [0.15, 0.2) is 18.1 Å². The van der Waals surface area contributed by atoms with Crippen LogP contribution in [0.2, 0.25) is 0 Å². The fraction of sp³-hybridized carbons (Fsp3) is 0.176. The third-order valence-corrected chi connectivity index (χ3v) is 3.18. The number of fused-ring (bicyclic) bond motifs is 1. The maximum atomic E-state index is 12.7. The lowest BCUT2D eigenvalue weighted by atomic mass is 10.3. The maximum absolute atomic E-state index is 12.7. The van der Waals surface area contributed by atoms with Gasteiger partial charge in [0.05, 0.1) is 0 Å². The van der Waals surface area contributed by atoms with Crippen molar-refractivity contribution in [2.45, 2.75) is 6.42 Å². The molecular weight excluding hydrogens is 299 g/mol. The number of oxazole rings is 1. The molecule has 0 saturated heterocycles. The molecule has 0 aliphatic carbocycles. The standard InChI is InChI=1S/C17H15FN2O3/c18-12-5-7-13(8-6-12)22-11-16(21)19-10-9-17-20-14-3-1-2-4-15(14)23-17/h1-8H,9-11H2,(H,19,21). The molecule has 0 unspecified atom stereocenters. The van der Waals surface area contributed by atoms with E-state index >= 15 is 0 Å². The number of hydrogen-bond donors (Lipinski definition) is 1. The molecule has 0 radical (unpaired) electrons. The Hall–Kier alpha value is -2.89. The molecular formula is C17H15FN2O3. The molecule has 1 aromatic heterocycles. The minimum absolute atomic E-state index is 0.126. The number of halogens is 1. The Morgan fingerprint density at radius 3 is 2.74 bits per heavy atom. The lowest BCUT2D eigenvalue weighted by molar-refractivity contribution is -0.123. The molecule has 0 spiro atoms. The fourth-order valence-corrected chi connectivity index (χ4v) is 2.07. The number of ether oxygens (including phenoxy) is 1. The topological polar surface area (TPSA) is 64.4 Å². The number of carbonyl (C=O) groups excluding carboxylic acids is 1. The summed E-state index contributed by atoms with van der Waals surface area (Å²) in [4.78, 5) is 16.0. The summed E-state index contributed by atoms with van der Waals surface area (Å²) in [7, 11) is 0. The quantitative estimate of drug-likeness (QED) is 0.760. The number of hydrogen-bond acceptors (Lipinski definition) is 4. The van der Waals surface area contributed by atoms with E-state index in [9.17, 15) is 9.18 Å². The summed E-state index contributed by atoms with van der Waals surface area (Å²) in [5.74, 6) is 0.414. The zero-order valence-corrected chi connectivity index (χ0v) is 12.3. The minimum atomic E-state index is -0.347. The Labute approximate surface area is 132 Å². The maximum Gasteiger partial charge on any atom is 0.257 e. The summed E-state index contributed by atoms with van der Waals surface area (Å²) >= 11 is 0. The molecule has 1 N–H and O–H groups in total. The lowest BCUT2D eigenvalue weighted by Gasteiger charge is -2.06. The van der Waals surface area contributed by atoms with Gasteiger partial charge < -0.3 is 14.5 Å². The molecule has 6 heteroatoms. The molecule has 3 aromatic rings. The fourth-order valence-electron chi connectivity index (χ4n) is 2.07. The van der Waals surface area contributed by atoms with Gasteiger partial charge in [0.25, 0.3) is 5.91 Å². The average Bonchev–Trinajstić information content (AvgIpc) is 2.97. The van der Waals surface area contributed by atoms with Crippen molar-refractivity contribution in [3.63, 3.8) is 0 Å².